The molecule has 134 valence electrons. The first-order valence-electron chi connectivity index (χ1n) is 8.73. The minimum Gasteiger partial charge on any atom is -0.336 e. The summed E-state index contributed by atoms with van der Waals surface area (Å²) in [7, 11) is 0. The largest absolute Gasteiger partial charge is 0.336 e. The number of aromatic nitrogens is 5. The zero-order valence-electron chi connectivity index (χ0n) is 14.5. The molecule has 1 aliphatic heterocycles. The van der Waals surface area contributed by atoms with Gasteiger partial charge in [0.2, 0.25) is 0 Å². The number of hydrogen-bond donors (Lipinski definition) is 1. The van der Waals surface area contributed by atoms with E-state index in [4.69, 9.17) is 0 Å². The van der Waals surface area contributed by atoms with Crippen LogP contribution in [0.2, 0.25) is 0 Å². The molecule has 0 saturated carbocycles. The van der Waals surface area contributed by atoms with Gasteiger partial charge in [0.05, 0.1) is 12.2 Å². The lowest BCUT2D eigenvalue weighted by atomic mass is 10.1. The van der Waals surface area contributed by atoms with Crippen LogP contribution >= 0.6 is 0 Å². The van der Waals surface area contributed by atoms with Crippen LogP contribution < -0.4 is 0 Å². The third kappa shape index (κ3) is 3.65. The maximum Gasteiger partial charge on any atom is 0.253 e. The third-order valence-corrected chi connectivity index (χ3v) is 4.72. The topological polar surface area (TPSA) is 82.9 Å². The molecule has 2 aromatic heterocycles. The van der Waals surface area contributed by atoms with Gasteiger partial charge in [-0.15, -0.1) is 0 Å². The zero-order chi connectivity index (χ0) is 17.8. The predicted molar refractivity (Wildman–Crippen MR) is 96.4 cm³/mol. The highest BCUT2D eigenvalue weighted by atomic mass is 16.2. The summed E-state index contributed by atoms with van der Waals surface area (Å²) in [6.45, 7) is 5.00. The molecule has 1 N–H and O–H groups in total. The van der Waals surface area contributed by atoms with E-state index in [0.717, 1.165) is 56.1 Å². The van der Waals surface area contributed by atoms with Crippen LogP contribution in [0.3, 0.4) is 0 Å². The molecule has 1 aromatic carbocycles. The molecule has 8 nitrogen and oxygen atoms in total. The van der Waals surface area contributed by atoms with E-state index in [0.29, 0.717) is 0 Å². The molecule has 1 aliphatic rings. The van der Waals surface area contributed by atoms with Gasteiger partial charge in [0, 0.05) is 44.5 Å². The number of hydrogen-bond acceptors (Lipinski definition) is 5. The van der Waals surface area contributed by atoms with Gasteiger partial charge in [-0.2, -0.15) is 10.2 Å². The second-order valence-electron chi connectivity index (χ2n) is 6.34. The van der Waals surface area contributed by atoms with Gasteiger partial charge in [0.25, 0.3) is 5.91 Å². The molecule has 1 saturated heterocycles. The zero-order valence-corrected chi connectivity index (χ0v) is 14.5. The first kappa shape index (κ1) is 16.5. The van der Waals surface area contributed by atoms with Gasteiger partial charge >= 0.3 is 0 Å². The first-order valence-corrected chi connectivity index (χ1v) is 8.73. The molecule has 0 radical (unpaired) electrons. The number of rotatable bonds is 5. The summed E-state index contributed by atoms with van der Waals surface area (Å²) in [5.74, 6) is 0.0945. The molecule has 3 aromatic rings. The van der Waals surface area contributed by atoms with Crippen molar-refractivity contribution in [1.29, 1.82) is 0 Å². The van der Waals surface area contributed by atoms with E-state index in [2.05, 4.69) is 25.2 Å². The summed E-state index contributed by atoms with van der Waals surface area (Å²) in [5, 5.41) is 11.0. The first-order chi connectivity index (χ1) is 12.8. The Morgan fingerprint density at radius 1 is 1.04 bits per heavy atom. The van der Waals surface area contributed by atoms with Crippen LogP contribution in [0.15, 0.2) is 49.2 Å². The molecule has 0 bridgehead atoms. The minimum absolute atomic E-state index is 0.0945. The Hall–Kier alpha value is -3.00. The van der Waals surface area contributed by atoms with E-state index in [1.165, 1.54) is 0 Å². The lowest BCUT2D eigenvalue weighted by molar-refractivity contribution is 0.0632. The van der Waals surface area contributed by atoms with Gasteiger partial charge in [0.15, 0.2) is 0 Å². The third-order valence-electron chi connectivity index (χ3n) is 4.72. The van der Waals surface area contributed by atoms with Gasteiger partial charge < -0.3 is 4.90 Å². The number of amides is 1. The summed E-state index contributed by atoms with van der Waals surface area (Å²) < 4.78 is 1.83. The molecule has 4 rings (SSSR count). The number of piperazine rings is 1. The predicted octanol–water partition coefficient (Wildman–Crippen LogP) is 1.13. The quantitative estimate of drug-likeness (QED) is 0.745. The van der Waals surface area contributed by atoms with Crippen molar-refractivity contribution in [2.24, 2.45) is 0 Å². The highest BCUT2D eigenvalue weighted by Gasteiger charge is 2.22. The van der Waals surface area contributed by atoms with Crippen LogP contribution in [-0.2, 0) is 6.54 Å². The van der Waals surface area contributed by atoms with E-state index in [9.17, 15) is 4.79 Å². The molecule has 1 amide bonds. The van der Waals surface area contributed by atoms with Crippen LogP contribution in [0.25, 0.3) is 11.3 Å². The maximum atomic E-state index is 12.7. The summed E-state index contributed by atoms with van der Waals surface area (Å²) >= 11 is 0. The van der Waals surface area contributed by atoms with Crippen LogP contribution in [0, 0.1) is 0 Å². The van der Waals surface area contributed by atoms with Crippen molar-refractivity contribution < 1.29 is 4.79 Å². The molecule has 3 heterocycles. The lowest BCUT2D eigenvalue weighted by Gasteiger charge is -2.34. The molecular formula is C18H21N7O. The standard InChI is InChI=1S/C18H21N7O/c26-18(16-3-1-15(2-4-16)17-5-6-20-22-17)24-10-7-23(8-11-24)9-12-25-14-19-13-21-25/h1-6,13-14H,7-12H2,(H,20,22). The fourth-order valence-corrected chi connectivity index (χ4v) is 3.16. The van der Waals surface area contributed by atoms with Gasteiger partial charge in [-0.25, -0.2) is 4.98 Å². The number of benzene rings is 1. The smallest absolute Gasteiger partial charge is 0.253 e. The van der Waals surface area contributed by atoms with Crippen molar-refractivity contribution in [3.63, 3.8) is 0 Å². The average Bonchev–Trinajstić information content (AvgIpc) is 3.40. The Kier molecular flexibility index (Phi) is 4.74. The number of carbonyl (C=O) groups is 1. The average molecular weight is 351 g/mol. The van der Waals surface area contributed by atoms with Crippen molar-refractivity contribution in [1.82, 2.24) is 34.8 Å². The SMILES string of the molecule is O=C(c1ccc(-c2ccn[nH]2)cc1)N1CCN(CCn2cncn2)CC1. The Morgan fingerprint density at radius 2 is 1.85 bits per heavy atom. The van der Waals surface area contributed by atoms with Gasteiger partial charge in [-0.1, -0.05) is 12.1 Å². The van der Waals surface area contributed by atoms with E-state index in [-0.39, 0.29) is 5.91 Å². The van der Waals surface area contributed by atoms with Crippen molar-refractivity contribution in [3.8, 4) is 11.3 Å². The fourth-order valence-electron chi connectivity index (χ4n) is 3.16. The molecule has 26 heavy (non-hydrogen) atoms. The molecule has 0 atom stereocenters. The summed E-state index contributed by atoms with van der Waals surface area (Å²) in [5.41, 5.74) is 2.70. The van der Waals surface area contributed by atoms with E-state index in [1.807, 2.05) is 39.9 Å². The van der Waals surface area contributed by atoms with Crippen LogP contribution in [0.1, 0.15) is 10.4 Å². The van der Waals surface area contributed by atoms with Gasteiger partial charge in [-0.05, 0) is 23.8 Å². The van der Waals surface area contributed by atoms with Crippen molar-refractivity contribution in [2.75, 3.05) is 32.7 Å². The number of nitrogens with zero attached hydrogens (tertiary/aromatic N) is 6. The van der Waals surface area contributed by atoms with Crippen LogP contribution in [-0.4, -0.2) is 73.4 Å². The highest BCUT2D eigenvalue weighted by Crippen LogP contribution is 2.18. The van der Waals surface area contributed by atoms with Crippen molar-refractivity contribution >= 4 is 5.91 Å². The number of carbonyl (C=O) groups excluding carboxylic acids is 1. The van der Waals surface area contributed by atoms with Crippen molar-refractivity contribution in [3.05, 3.63) is 54.7 Å². The fraction of sp³-hybridized carbons (Fsp3) is 0.333. The normalized spacial score (nSPS) is 15.3. The Balaban J connectivity index is 1.30. The molecule has 8 heteroatoms. The number of aromatic amines is 1. The Bertz CT molecular complexity index is 819. The summed E-state index contributed by atoms with van der Waals surface area (Å²) in [6.07, 6.45) is 5.00. The Labute approximate surface area is 151 Å². The van der Waals surface area contributed by atoms with Gasteiger partial charge in [-0.3, -0.25) is 19.5 Å². The molecule has 0 spiro atoms. The summed E-state index contributed by atoms with van der Waals surface area (Å²) in [4.78, 5) is 20.9. The van der Waals surface area contributed by atoms with E-state index in [1.54, 1.807) is 18.9 Å². The second kappa shape index (κ2) is 7.49. The number of H-pyrrole nitrogens is 1. The number of nitrogens with one attached hydrogen (secondary N) is 1. The maximum absolute atomic E-state index is 12.7. The van der Waals surface area contributed by atoms with Gasteiger partial charge in [0.1, 0.15) is 12.7 Å². The second-order valence-corrected chi connectivity index (χ2v) is 6.34. The van der Waals surface area contributed by atoms with E-state index >= 15 is 0 Å². The molecule has 1 fully saturated rings. The van der Waals surface area contributed by atoms with Crippen LogP contribution in [0.5, 0.6) is 0 Å². The Morgan fingerprint density at radius 3 is 2.50 bits per heavy atom. The highest BCUT2D eigenvalue weighted by molar-refractivity contribution is 5.94. The van der Waals surface area contributed by atoms with E-state index < -0.39 is 0 Å². The lowest BCUT2D eigenvalue weighted by Crippen LogP contribution is -2.49. The molecular weight excluding hydrogens is 330 g/mol. The minimum atomic E-state index is 0.0945. The van der Waals surface area contributed by atoms with Crippen molar-refractivity contribution in [2.45, 2.75) is 6.54 Å². The monoisotopic (exact) mass is 351 g/mol. The molecule has 0 aliphatic carbocycles. The van der Waals surface area contributed by atoms with Crippen LogP contribution in [0.4, 0.5) is 0 Å². The molecule has 0 unspecified atom stereocenters. The summed E-state index contributed by atoms with van der Waals surface area (Å²) in [6, 6.07) is 9.59.